The fourth-order valence-electron chi connectivity index (χ4n) is 3.53. The number of fused-ring (bicyclic) bond motifs is 1. The van der Waals surface area contributed by atoms with Gasteiger partial charge in [0.05, 0.1) is 19.2 Å². The summed E-state index contributed by atoms with van der Waals surface area (Å²) in [6.45, 7) is 6.61. The van der Waals surface area contributed by atoms with E-state index in [1.54, 1.807) is 37.3 Å². The first kappa shape index (κ1) is 21.4. The molecule has 0 saturated heterocycles. The van der Waals surface area contributed by atoms with E-state index in [-0.39, 0.29) is 17.5 Å². The Morgan fingerprint density at radius 1 is 1.40 bits per heavy atom. The zero-order chi connectivity index (χ0) is 22.0. The fraction of sp³-hybridized carbons (Fsp3) is 0.364. The largest absolute Gasteiger partial charge is 0.497 e. The number of carbonyl (C=O) groups is 1. The normalized spacial score (nSPS) is 14.1. The Morgan fingerprint density at radius 2 is 2.13 bits per heavy atom. The van der Waals surface area contributed by atoms with Gasteiger partial charge in [0, 0.05) is 29.7 Å². The van der Waals surface area contributed by atoms with Gasteiger partial charge in [-0.15, -0.1) is 0 Å². The summed E-state index contributed by atoms with van der Waals surface area (Å²) in [6, 6.07) is 5.41. The Labute approximate surface area is 176 Å². The third-order valence-corrected chi connectivity index (χ3v) is 5.14. The molecule has 30 heavy (non-hydrogen) atoms. The van der Waals surface area contributed by atoms with Crippen LogP contribution in [0.15, 0.2) is 30.1 Å². The van der Waals surface area contributed by atoms with Gasteiger partial charge in [-0.1, -0.05) is 13.8 Å². The Hall–Kier alpha value is -3.26. The van der Waals surface area contributed by atoms with Gasteiger partial charge in [-0.2, -0.15) is 0 Å². The second-order valence-corrected chi connectivity index (χ2v) is 7.58. The van der Waals surface area contributed by atoms with Gasteiger partial charge >= 0.3 is 0 Å². The number of aromatic nitrogens is 2. The van der Waals surface area contributed by atoms with Gasteiger partial charge in [-0.25, -0.2) is 9.97 Å². The zero-order valence-corrected chi connectivity index (χ0v) is 18.0. The lowest BCUT2D eigenvalue weighted by Gasteiger charge is -2.17. The first-order valence-corrected chi connectivity index (χ1v) is 9.83. The van der Waals surface area contributed by atoms with Crippen molar-refractivity contribution >= 4 is 23.0 Å². The maximum atomic E-state index is 13.2. The van der Waals surface area contributed by atoms with Crippen LogP contribution in [0.25, 0.3) is 5.57 Å². The van der Waals surface area contributed by atoms with Crippen LogP contribution in [-0.2, 0) is 13.1 Å². The van der Waals surface area contributed by atoms with Crippen molar-refractivity contribution in [2.45, 2.75) is 33.9 Å². The van der Waals surface area contributed by atoms with Crippen LogP contribution in [0.1, 0.15) is 48.1 Å². The van der Waals surface area contributed by atoms with Crippen molar-refractivity contribution in [2.24, 2.45) is 11.7 Å². The van der Waals surface area contributed by atoms with Crippen LogP contribution >= 0.6 is 0 Å². The Bertz CT molecular complexity index is 1030. The molecular formula is C22H28N6O2. The maximum absolute atomic E-state index is 13.2. The maximum Gasteiger partial charge on any atom is 0.260 e. The van der Waals surface area contributed by atoms with Gasteiger partial charge in [-0.3, -0.25) is 9.69 Å². The highest BCUT2D eigenvalue weighted by Gasteiger charge is 2.32. The number of nitrogens with two attached hydrogens (primary N) is 1. The average molecular weight is 409 g/mol. The van der Waals surface area contributed by atoms with Crippen molar-refractivity contribution in [3.8, 4) is 5.75 Å². The van der Waals surface area contributed by atoms with Gasteiger partial charge in [0.1, 0.15) is 11.6 Å². The van der Waals surface area contributed by atoms with E-state index in [2.05, 4.69) is 15.3 Å². The van der Waals surface area contributed by atoms with E-state index in [0.717, 1.165) is 11.1 Å². The first-order chi connectivity index (χ1) is 14.3. The van der Waals surface area contributed by atoms with Crippen LogP contribution in [0.2, 0.25) is 0 Å². The summed E-state index contributed by atoms with van der Waals surface area (Å²) in [7, 11) is 3.45. The van der Waals surface area contributed by atoms with Crippen molar-refractivity contribution in [1.82, 2.24) is 15.3 Å². The summed E-state index contributed by atoms with van der Waals surface area (Å²) in [5, 5.41) is 11.3. The molecule has 2 aromatic rings. The van der Waals surface area contributed by atoms with Gasteiger partial charge < -0.3 is 21.2 Å². The van der Waals surface area contributed by atoms with Crippen LogP contribution in [0.5, 0.6) is 5.75 Å². The number of rotatable bonds is 7. The minimum atomic E-state index is -0.139. The molecule has 0 radical (unpaired) electrons. The predicted octanol–water partition coefficient (Wildman–Crippen LogP) is 2.73. The Balaban J connectivity index is 2.05. The summed E-state index contributed by atoms with van der Waals surface area (Å²) in [5.74, 6) is 1.38. The molecule has 0 fully saturated rings. The molecule has 0 saturated carbocycles. The summed E-state index contributed by atoms with van der Waals surface area (Å²) in [4.78, 5) is 23.7. The number of ether oxygens (including phenoxy) is 1. The molecule has 1 amide bonds. The van der Waals surface area contributed by atoms with E-state index in [1.807, 2.05) is 27.0 Å². The smallest absolute Gasteiger partial charge is 0.260 e. The lowest BCUT2D eigenvalue weighted by molar-refractivity contribution is 0.0995. The van der Waals surface area contributed by atoms with E-state index in [1.165, 1.54) is 0 Å². The molecule has 1 aliphatic heterocycles. The molecule has 0 bridgehead atoms. The number of allylic oxidation sites excluding steroid dienone is 2. The molecule has 1 aliphatic rings. The quantitative estimate of drug-likeness (QED) is 0.607. The van der Waals surface area contributed by atoms with Gasteiger partial charge in [-0.05, 0) is 49.2 Å². The molecule has 0 aliphatic carbocycles. The number of methoxy groups -OCH3 is 1. The summed E-state index contributed by atoms with van der Waals surface area (Å²) < 4.78 is 5.37. The number of carbonyl (C=O) groups excluding carboxylic acids is 1. The molecule has 1 aromatic heterocycles. The Morgan fingerprint density at radius 3 is 2.73 bits per heavy atom. The SMILES string of the molecule is CNCc1cc(OC)cc2c1CN(c1ccnc(/C(C(C)=N)=C(/N)C(C)C)n1)C2=O. The van der Waals surface area contributed by atoms with Gasteiger partial charge in [0.2, 0.25) is 0 Å². The molecule has 0 spiro atoms. The monoisotopic (exact) mass is 408 g/mol. The molecule has 158 valence electrons. The van der Waals surface area contributed by atoms with E-state index in [4.69, 9.17) is 15.9 Å². The minimum Gasteiger partial charge on any atom is -0.497 e. The van der Waals surface area contributed by atoms with Crippen LogP contribution < -0.4 is 20.7 Å². The van der Waals surface area contributed by atoms with Crippen LogP contribution in [0.3, 0.4) is 0 Å². The molecule has 4 N–H and O–H groups in total. The number of hydrogen-bond donors (Lipinski definition) is 3. The molecule has 0 unspecified atom stereocenters. The van der Waals surface area contributed by atoms with Crippen molar-refractivity contribution in [3.05, 3.63) is 52.6 Å². The first-order valence-electron chi connectivity index (χ1n) is 9.83. The highest BCUT2D eigenvalue weighted by Crippen LogP contribution is 2.33. The molecule has 0 atom stereocenters. The number of anilines is 1. The summed E-state index contributed by atoms with van der Waals surface area (Å²) in [5.41, 5.74) is 10.2. The van der Waals surface area contributed by atoms with E-state index in [0.29, 0.717) is 47.3 Å². The number of amides is 1. The third-order valence-electron chi connectivity index (χ3n) is 5.14. The van der Waals surface area contributed by atoms with Crippen LogP contribution in [0, 0.1) is 11.3 Å². The molecule has 8 nitrogen and oxygen atoms in total. The molecular weight excluding hydrogens is 380 g/mol. The number of hydrogen-bond acceptors (Lipinski definition) is 7. The number of nitrogens with one attached hydrogen (secondary N) is 2. The predicted molar refractivity (Wildman–Crippen MR) is 118 cm³/mol. The fourth-order valence-corrected chi connectivity index (χ4v) is 3.53. The van der Waals surface area contributed by atoms with Gasteiger partial charge in [0.15, 0.2) is 5.82 Å². The number of benzene rings is 1. The standard InChI is InChI=1S/C22H28N6O2/c1-12(2)20(24)19(13(3)23)21-26-7-6-18(27-21)28-11-17-14(10-25-4)8-15(30-5)9-16(17)22(28)29/h6-9,12,23,25H,10-11,24H2,1-5H3/b20-19+,23-13?. The second-order valence-electron chi connectivity index (χ2n) is 7.58. The van der Waals surface area contributed by atoms with Crippen molar-refractivity contribution in [2.75, 3.05) is 19.1 Å². The third kappa shape index (κ3) is 3.91. The highest BCUT2D eigenvalue weighted by molar-refractivity contribution is 6.21. The lowest BCUT2D eigenvalue weighted by Crippen LogP contribution is -2.25. The van der Waals surface area contributed by atoms with E-state index >= 15 is 0 Å². The van der Waals surface area contributed by atoms with Crippen LogP contribution in [0.4, 0.5) is 5.82 Å². The van der Waals surface area contributed by atoms with Crippen molar-refractivity contribution < 1.29 is 9.53 Å². The minimum absolute atomic E-state index is 0.0433. The van der Waals surface area contributed by atoms with Crippen LogP contribution in [-0.4, -0.2) is 35.7 Å². The summed E-state index contributed by atoms with van der Waals surface area (Å²) >= 11 is 0. The average Bonchev–Trinajstić information content (AvgIpc) is 3.05. The second kappa shape index (κ2) is 8.62. The number of nitrogens with zero attached hydrogens (tertiary/aromatic N) is 3. The molecule has 3 rings (SSSR count). The molecule has 1 aromatic carbocycles. The lowest BCUT2D eigenvalue weighted by atomic mass is 10.0. The topological polar surface area (TPSA) is 117 Å². The zero-order valence-electron chi connectivity index (χ0n) is 18.0. The van der Waals surface area contributed by atoms with Gasteiger partial charge in [0.25, 0.3) is 5.91 Å². The van der Waals surface area contributed by atoms with Crippen molar-refractivity contribution in [1.29, 1.82) is 5.41 Å². The van der Waals surface area contributed by atoms with Crippen molar-refractivity contribution in [3.63, 3.8) is 0 Å². The Kier molecular flexibility index (Phi) is 6.17. The molecule has 2 heterocycles. The highest BCUT2D eigenvalue weighted by atomic mass is 16.5. The van der Waals surface area contributed by atoms with E-state index < -0.39 is 0 Å². The van der Waals surface area contributed by atoms with E-state index in [9.17, 15) is 4.79 Å². The summed E-state index contributed by atoms with van der Waals surface area (Å²) in [6.07, 6.45) is 1.60. The molecule has 8 heteroatoms.